The number of aliphatic hydroxyl groups is 2. The summed E-state index contributed by atoms with van der Waals surface area (Å²) in [4.78, 5) is 13.7. The van der Waals surface area contributed by atoms with Gasteiger partial charge in [-0.3, -0.25) is 4.79 Å². The molecular weight excluding hydrogens is 487 g/mol. The molecule has 0 radical (unpaired) electrons. The van der Waals surface area contributed by atoms with Crippen molar-refractivity contribution >= 4 is 16.7 Å². The Morgan fingerprint density at radius 3 is 2.68 bits per heavy atom. The monoisotopic (exact) mass is 525 g/mol. The van der Waals surface area contributed by atoms with Gasteiger partial charge in [0.05, 0.1) is 34.3 Å². The summed E-state index contributed by atoms with van der Waals surface area (Å²) in [5.74, 6) is -2.44. The second-order valence-corrected chi connectivity index (χ2v) is 9.57. The molecular formula is C28H30F3NO5. The molecule has 6 nitrogen and oxygen atoms in total. The number of aliphatic hydroxyl groups excluding tert-OH is 2. The molecule has 37 heavy (non-hydrogen) atoms. The maximum Gasteiger partial charge on any atom is 0.586 e. The standard InChI is InChI=1S/C28H30F3NO5/c1-4-26(2,3)24-10-17-9-16(20(29)13-21(17)32(24)14-19(34)15-33)11-25(35)27(7-8-27)18-5-6-22-23(12-18)37-28(30,31)36-22/h5-6,9-10,12-13,19,33-34H,4,7-8,11,14-15H2,1-3H3/t19-/m1/s1/i2D3,4D2,9D,10D,13D/t19-,26?. The number of fused-ring (bicyclic) bond motifs is 2. The fourth-order valence-corrected chi connectivity index (χ4v) is 4.61. The second-order valence-electron chi connectivity index (χ2n) is 9.57. The molecule has 1 fully saturated rings. The minimum atomic E-state index is -3.88. The van der Waals surface area contributed by atoms with Gasteiger partial charge in [-0.1, -0.05) is 26.8 Å². The maximum atomic E-state index is 16.0. The van der Waals surface area contributed by atoms with Gasteiger partial charge in [-0.05, 0) is 60.6 Å². The van der Waals surface area contributed by atoms with Gasteiger partial charge in [-0.15, -0.1) is 8.78 Å². The number of Topliss-reactive ketones (excluding diaryl/α,β-unsaturated/α-hetero) is 1. The number of benzene rings is 2. The number of ketones is 1. The van der Waals surface area contributed by atoms with Crippen molar-refractivity contribution in [2.75, 3.05) is 6.61 Å². The molecule has 0 spiro atoms. The van der Waals surface area contributed by atoms with Gasteiger partial charge in [0, 0.05) is 29.8 Å². The lowest BCUT2D eigenvalue weighted by molar-refractivity contribution is -0.286. The van der Waals surface area contributed by atoms with E-state index < -0.39 is 108 Å². The van der Waals surface area contributed by atoms with E-state index in [0.717, 1.165) is 18.4 Å². The van der Waals surface area contributed by atoms with Crippen LogP contribution in [-0.4, -0.2) is 39.6 Å². The Hall–Kier alpha value is -3.04. The highest BCUT2D eigenvalue weighted by Crippen LogP contribution is 2.52. The summed E-state index contributed by atoms with van der Waals surface area (Å²) in [6.07, 6.45) is -8.21. The molecule has 0 saturated heterocycles. The van der Waals surface area contributed by atoms with Crippen LogP contribution >= 0.6 is 0 Å². The highest BCUT2D eigenvalue weighted by atomic mass is 19.3. The minimum Gasteiger partial charge on any atom is -0.395 e. The molecule has 1 aliphatic carbocycles. The van der Waals surface area contributed by atoms with Crippen molar-refractivity contribution in [2.24, 2.45) is 0 Å². The first kappa shape index (κ1) is 17.5. The number of alkyl halides is 2. The molecule has 3 aromatic rings. The smallest absolute Gasteiger partial charge is 0.395 e. The predicted molar refractivity (Wildman–Crippen MR) is 131 cm³/mol. The van der Waals surface area contributed by atoms with Gasteiger partial charge in [0.15, 0.2) is 11.5 Å². The molecule has 2 heterocycles. The van der Waals surface area contributed by atoms with Crippen LogP contribution in [0.2, 0.25) is 0 Å². The van der Waals surface area contributed by atoms with Crippen LogP contribution in [0.4, 0.5) is 13.2 Å². The number of hydrogen-bond donors (Lipinski definition) is 2. The van der Waals surface area contributed by atoms with Crippen LogP contribution in [0.3, 0.4) is 0 Å². The summed E-state index contributed by atoms with van der Waals surface area (Å²) in [5, 5.41) is 19.4. The van der Waals surface area contributed by atoms with Gasteiger partial charge in [-0.2, -0.15) is 0 Å². The van der Waals surface area contributed by atoms with Gasteiger partial charge in [0.2, 0.25) is 0 Å². The van der Waals surface area contributed by atoms with E-state index in [1.54, 1.807) is 0 Å². The summed E-state index contributed by atoms with van der Waals surface area (Å²) in [6.45, 7) is -2.61. The van der Waals surface area contributed by atoms with Crippen molar-refractivity contribution in [1.82, 2.24) is 4.57 Å². The van der Waals surface area contributed by atoms with Crippen LogP contribution in [-0.2, 0) is 28.6 Å². The fourth-order valence-electron chi connectivity index (χ4n) is 4.61. The topological polar surface area (TPSA) is 80.9 Å². The lowest BCUT2D eigenvalue weighted by Gasteiger charge is -2.26. The molecule has 2 aromatic carbocycles. The molecule has 2 atom stereocenters. The van der Waals surface area contributed by atoms with Crippen LogP contribution < -0.4 is 9.47 Å². The highest BCUT2D eigenvalue weighted by Gasteiger charge is 2.52. The second kappa shape index (κ2) is 8.77. The van der Waals surface area contributed by atoms with E-state index in [1.807, 2.05) is 0 Å². The Labute approximate surface area is 223 Å². The zero-order valence-corrected chi connectivity index (χ0v) is 20.0. The highest BCUT2D eigenvalue weighted by molar-refractivity contribution is 5.95. The SMILES string of the molecule is [2H]c1c(CC(=O)C2(c3ccc4c(c3)OC(F)(F)O4)CC2)c(F)c([2H])c2c1c([2H])c(C(C)(C([2H])([2H])[2H])C([2H])([2H])C)n2C[C@@H](O)CO. The summed E-state index contributed by atoms with van der Waals surface area (Å²) >= 11 is 0. The third-order valence-electron chi connectivity index (χ3n) is 6.94. The van der Waals surface area contributed by atoms with E-state index in [9.17, 15) is 23.8 Å². The zero-order valence-electron chi connectivity index (χ0n) is 28.0. The molecule has 9 heteroatoms. The first-order valence-corrected chi connectivity index (χ1v) is 11.6. The van der Waals surface area contributed by atoms with Crippen molar-refractivity contribution < 1.29 is 48.6 Å². The summed E-state index contributed by atoms with van der Waals surface area (Å²) in [6, 6.07) is 1.52. The summed E-state index contributed by atoms with van der Waals surface area (Å²) in [5.41, 5.74) is -4.98. The quantitative estimate of drug-likeness (QED) is 0.412. The molecule has 1 aliphatic heterocycles. The Balaban J connectivity index is 1.67. The number of carbonyl (C=O) groups excluding carboxylic acids is 1. The summed E-state index contributed by atoms with van der Waals surface area (Å²) in [7, 11) is 0. The average Bonchev–Trinajstić information content (AvgIpc) is 3.60. The molecule has 0 bridgehead atoms. The lowest BCUT2D eigenvalue weighted by Crippen LogP contribution is -2.26. The van der Waals surface area contributed by atoms with E-state index in [0.29, 0.717) is 5.56 Å². The Morgan fingerprint density at radius 1 is 1.30 bits per heavy atom. The van der Waals surface area contributed by atoms with Gasteiger partial charge < -0.3 is 24.3 Å². The number of carbonyl (C=O) groups is 1. The Bertz CT molecular complexity index is 1700. The molecule has 0 amide bonds. The van der Waals surface area contributed by atoms with E-state index in [4.69, 9.17) is 11.0 Å². The Morgan fingerprint density at radius 2 is 2.03 bits per heavy atom. The van der Waals surface area contributed by atoms with Gasteiger partial charge in [-0.25, -0.2) is 4.39 Å². The van der Waals surface area contributed by atoms with Crippen molar-refractivity contribution in [3.63, 3.8) is 0 Å². The van der Waals surface area contributed by atoms with Gasteiger partial charge in [0.1, 0.15) is 11.6 Å². The van der Waals surface area contributed by atoms with Crippen LogP contribution in [0.5, 0.6) is 11.5 Å². The molecule has 2 aliphatic rings. The molecule has 198 valence electrons. The first-order chi connectivity index (χ1) is 20.6. The van der Waals surface area contributed by atoms with Crippen molar-refractivity contribution in [3.8, 4) is 11.5 Å². The van der Waals surface area contributed by atoms with Crippen LogP contribution in [0, 0.1) is 5.82 Å². The summed E-state index contributed by atoms with van der Waals surface area (Å²) < 4.78 is 121. The van der Waals surface area contributed by atoms with Crippen molar-refractivity contribution in [3.05, 3.63) is 59.0 Å². The largest absolute Gasteiger partial charge is 0.586 e. The number of aromatic nitrogens is 1. The van der Waals surface area contributed by atoms with E-state index >= 15 is 4.39 Å². The number of rotatable bonds is 9. The van der Waals surface area contributed by atoms with Crippen LogP contribution in [0.1, 0.15) is 67.7 Å². The molecule has 1 aromatic heterocycles. The minimum absolute atomic E-state index is 0.231. The molecule has 1 unspecified atom stereocenters. The maximum absolute atomic E-state index is 16.0. The van der Waals surface area contributed by atoms with E-state index in [2.05, 4.69) is 9.47 Å². The van der Waals surface area contributed by atoms with E-state index in [-0.39, 0.29) is 24.3 Å². The van der Waals surface area contributed by atoms with Gasteiger partial charge >= 0.3 is 6.29 Å². The number of halogens is 3. The first-order valence-electron chi connectivity index (χ1n) is 15.6. The number of nitrogens with zero attached hydrogens (tertiary/aromatic N) is 1. The number of ether oxygens (including phenoxy) is 2. The van der Waals surface area contributed by atoms with E-state index in [1.165, 1.54) is 18.2 Å². The fraction of sp³-hybridized carbons (Fsp3) is 0.464. The zero-order chi connectivity index (χ0) is 33.7. The van der Waals surface area contributed by atoms with Crippen molar-refractivity contribution in [1.29, 1.82) is 0 Å². The van der Waals surface area contributed by atoms with Crippen molar-refractivity contribution in [2.45, 2.75) is 76.1 Å². The lowest BCUT2D eigenvalue weighted by atomic mass is 9.86. The normalized spacial score (nSPS) is 23.4. The molecule has 2 N–H and O–H groups in total. The van der Waals surface area contributed by atoms with Crippen LogP contribution in [0.25, 0.3) is 10.9 Å². The number of hydrogen-bond acceptors (Lipinski definition) is 5. The average molecular weight is 526 g/mol. The Kier molecular flexibility index (Phi) is 4.14. The molecule has 1 saturated carbocycles. The predicted octanol–water partition coefficient (Wildman–Crippen LogP) is 4.99. The third-order valence-corrected chi connectivity index (χ3v) is 6.94. The third kappa shape index (κ3) is 4.48. The van der Waals surface area contributed by atoms with Crippen LogP contribution in [0.15, 0.2) is 36.3 Å². The van der Waals surface area contributed by atoms with Gasteiger partial charge in [0.25, 0.3) is 0 Å². The molecule has 5 rings (SSSR count).